The summed E-state index contributed by atoms with van der Waals surface area (Å²) in [7, 11) is 0. The lowest BCUT2D eigenvalue weighted by Gasteiger charge is -2.14. The quantitative estimate of drug-likeness (QED) is 0.716. The van der Waals surface area contributed by atoms with Gasteiger partial charge in [-0.05, 0) is 51.0 Å². The third kappa shape index (κ3) is 2.05. The van der Waals surface area contributed by atoms with Crippen LogP contribution in [0.25, 0.3) is 0 Å². The molecule has 0 atom stereocenters. The molecular formula is C12H15NO. The minimum Gasteiger partial charge on any atom is -0.491 e. The van der Waals surface area contributed by atoms with E-state index in [-0.39, 0.29) is 6.10 Å². The van der Waals surface area contributed by atoms with Crippen molar-refractivity contribution in [2.24, 2.45) is 0 Å². The lowest BCUT2D eigenvalue weighted by atomic mass is 10.0. The highest BCUT2D eigenvalue weighted by molar-refractivity contribution is 5.48. The Bertz CT molecular complexity index is 375. The average molecular weight is 189 g/mol. The zero-order valence-corrected chi connectivity index (χ0v) is 9.09. The Balaban J connectivity index is 3.12. The summed E-state index contributed by atoms with van der Waals surface area (Å²) < 4.78 is 5.62. The molecule has 0 fully saturated rings. The second-order valence-electron chi connectivity index (χ2n) is 3.64. The standard InChI is InChI=1S/C12H15NO/c1-8(2)14-12-6-5-11(7-13)9(3)10(12)4/h5-6,8H,1-4H3. The number of rotatable bonds is 2. The van der Waals surface area contributed by atoms with Gasteiger partial charge in [-0.1, -0.05) is 0 Å². The molecule has 14 heavy (non-hydrogen) atoms. The second kappa shape index (κ2) is 4.15. The summed E-state index contributed by atoms with van der Waals surface area (Å²) in [5.41, 5.74) is 2.78. The molecule has 1 aromatic rings. The van der Waals surface area contributed by atoms with Crippen molar-refractivity contribution in [3.05, 3.63) is 28.8 Å². The van der Waals surface area contributed by atoms with Gasteiger partial charge in [-0.3, -0.25) is 0 Å². The van der Waals surface area contributed by atoms with Gasteiger partial charge in [0.15, 0.2) is 0 Å². The highest BCUT2D eigenvalue weighted by atomic mass is 16.5. The van der Waals surface area contributed by atoms with Crippen LogP contribution in [-0.4, -0.2) is 6.10 Å². The number of nitriles is 1. The summed E-state index contributed by atoms with van der Waals surface area (Å²) in [5, 5.41) is 8.82. The summed E-state index contributed by atoms with van der Waals surface area (Å²) in [4.78, 5) is 0. The lowest BCUT2D eigenvalue weighted by Crippen LogP contribution is -2.07. The van der Waals surface area contributed by atoms with Gasteiger partial charge in [-0.15, -0.1) is 0 Å². The Kier molecular flexibility index (Phi) is 3.14. The molecule has 0 N–H and O–H groups in total. The van der Waals surface area contributed by atoms with Crippen LogP contribution in [0.1, 0.15) is 30.5 Å². The number of benzene rings is 1. The molecule has 0 aromatic heterocycles. The topological polar surface area (TPSA) is 33.0 Å². The van der Waals surface area contributed by atoms with Gasteiger partial charge in [0.25, 0.3) is 0 Å². The third-order valence-corrected chi connectivity index (χ3v) is 2.22. The number of nitrogens with zero attached hydrogens (tertiary/aromatic N) is 1. The van der Waals surface area contributed by atoms with Gasteiger partial charge in [0.2, 0.25) is 0 Å². The van der Waals surface area contributed by atoms with Crippen molar-refractivity contribution in [2.45, 2.75) is 33.8 Å². The van der Waals surface area contributed by atoms with E-state index >= 15 is 0 Å². The molecule has 0 unspecified atom stereocenters. The van der Waals surface area contributed by atoms with Crippen LogP contribution in [0.2, 0.25) is 0 Å². The normalized spacial score (nSPS) is 10.0. The average Bonchev–Trinajstić information content (AvgIpc) is 2.13. The SMILES string of the molecule is Cc1c(C#N)ccc(OC(C)C)c1C. The number of hydrogen-bond acceptors (Lipinski definition) is 2. The van der Waals surface area contributed by atoms with Crippen LogP contribution < -0.4 is 4.74 Å². The Labute approximate surface area is 85.1 Å². The molecule has 0 spiro atoms. The molecule has 74 valence electrons. The van der Waals surface area contributed by atoms with E-state index in [0.29, 0.717) is 0 Å². The van der Waals surface area contributed by atoms with Gasteiger partial charge in [-0.2, -0.15) is 5.26 Å². The van der Waals surface area contributed by atoms with E-state index in [1.165, 1.54) is 0 Å². The van der Waals surface area contributed by atoms with Crippen LogP contribution in [0.3, 0.4) is 0 Å². The number of ether oxygens (including phenoxy) is 1. The summed E-state index contributed by atoms with van der Waals surface area (Å²) >= 11 is 0. The van der Waals surface area contributed by atoms with Crippen LogP contribution in [0, 0.1) is 25.2 Å². The molecule has 0 saturated heterocycles. The second-order valence-corrected chi connectivity index (χ2v) is 3.64. The van der Waals surface area contributed by atoms with E-state index in [4.69, 9.17) is 10.00 Å². The van der Waals surface area contributed by atoms with Crippen molar-refractivity contribution >= 4 is 0 Å². The molecular weight excluding hydrogens is 174 g/mol. The van der Waals surface area contributed by atoms with Crippen LogP contribution in [0.4, 0.5) is 0 Å². The number of hydrogen-bond donors (Lipinski definition) is 0. The van der Waals surface area contributed by atoms with Gasteiger partial charge in [0.05, 0.1) is 17.7 Å². The summed E-state index contributed by atoms with van der Waals surface area (Å²) in [5.74, 6) is 0.872. The van der Waals surface area contributed by atoms with E-state index in [1.54, 1.807) is 6.07 Å². The van der Waals surface area contributed by atoms with Gasteiger partial charge >= 0.3 is 0 Å². The summed E-state index contributed by atoms with van der Waals surface area (Å²) in [6.45, 7) is 7.91. The maximum Gasteiger partial charge on any atom is 0.122 e. The molecule has 0 saturated carbocycles. The molecule has 0 radical (unpaired) electrons. The van der Waals surface area contributed by atoms with E-state index in [2.05, 4.69) is 6.07 Å². The van der Waals surface area contributed by atoms with E-state index in [1.807, 2.05) is 33.8 Å². The van der Waals surface area contributed by atoms with Gasteiger partial charge < -0.3 is 4.74 Å². The first kappa shape index (κ1) is 10.6. The van der Waals surface area contributed by atoms with Crippen molar-refractivity contribution in [1.82, 2.24) is 0 Å². The largest absolute Gasteiger partial charge is 0.491 e. The van der Waals surface area contributed by atoms with Gasteiger partial charge in [0, 0.05) is 0 Å². The van der Waals surface area contributed by atoms with E-state index in [0.717, 1.165) is 22.4 Å². The molecule has 0 aliphatic heterocycles. The minimum absolute atomic E-state index is 0.168. The third-order valence-electron chi connectivity index (χ3n) is 2.22. The van der Waals surface area contributed by atoms with Crippen LogP contribution in [0.5, 0.6) is 5.75 Å². The fourth-order valence-electron chi connectivity index (χ4n) is 1.30. The van der Waals surface area contributed by atoms with Crippen LogP contribution >= 0.6 is 0 Å². The fourth-order valence-corrected chi connectivity index (χ4v) is 1.30. The molecule has 0 heterocycles. The zero-order valence-electron chi connectivity index (χ0n) is 9.09. The first-order valence-corrected chi connectivity index (χ1v) is 4.73. The predicted octanol–water partition coefficient (Wildman–Crippen LogP) is 2.96. The van der Waals surface area contributed by atoms with Crippen molar-refractivity contribution < 1.29 is 4.74 Å². The maximum absolute atomic E-state index is 8.82. The lowest BCUT2D eigenvalue weighted by molar-refractivity contribution is 0.240. The Morgan fingerprint density at radius 2 is 1.86 bits per heavy atom. The van der Waals surface area contributed by atoms with Gasteiger partial charge in [-0.25, -0.2) is 0 Å². The predicted molar refractivity (Wildman–Crippen MR) is 56.4 cm³/mol. The van der Waals surface area contributed by atoms with Crippen LogP contribution in [-0.2, 0) is 0 Å². The molecule has 0 aliphatic carbocycles. The monoisotopic (exact) mass is 189 g/mol. The van der Waals surface area contributed by atoms with Crippen LogP contribution in [0.15, 0.2) is 12.1 Å². The van der Waals surface area contributed by atoms with Crippen molar-refractivity contribution in [3.8, 4) is 11.8 Å². The first-order valence-electron chi connectivity index (χ1n) is 4.73. The molecule has 0 amide bonds. The fraction of sp³-hybridized carbons (Fsp3) is 0.417. The van der Waals surface area contributed by atoms with E-state index < -0.39 is 0 Å². The highest BCUT2D eigenvalue weighted by Gasteiger charge is 2.07. The van der Waals surface area contributed by atoms with Gasteiger partial charge in [0.1, 0.15) is 5.75 Å². The smallest absolute Gasteiger partial charge is 0.122 e. The maximum atomic E-state index is 8.82. The summed E-state index contributed by atoms with van der Waals surface area (Å²) in [6.07, 6.45) is 0.168. The van der Waals surface area contributed by atoms with Crippen molar-refractivity contribution in [3.63, 3.8) is 0 Å². The Morgan fingerprint density at radius 3 is 2.36 bits per heavy atom. The highest BCUT2D eigenvalue weighted by Crippen LogP contribution is 2.24. The van der Waals surface area contributed by atoms with E-state index in [9.17, 15) is 0 Å². The first-order chi connectivity index (χ1) is 6.56. The molecule has 1 rings (SSSR count). The van der Waals surface area contributed by atoms with Crippen molar-refractivity contribution in [2.75, 3.05) is 0 Å². The Hall–Kier alpha value is -1.49. The zero-order chi connectivity index (χ0) is 10.7. The minimum atomic E-state index is 0.168. The molecule has 2 heteroatoms. The van der Waals surface area contributed by atoms with Crippen molar-refractivity contribution in [1.29, 1.82) is 5.26 Å². The Morgan fingerprint density at radius 1 is 1.21 bits per heavy atom. The molecule has 1 aromatic carbocycles. The molecule has 0 aliphatic rings. The molecule has 2 nitrogen and oxygen atoms in total. The molecule has 0 bridgehead atoms. The summed E-state index contributed by atoms with van der Waals surface area (Å²) in [6, 6.07) is 5.83.